The van der Waals surface area contributed by atoms with Crippen LogP contribution in [0.4, 0.5) is 5.69 Å². The smallest absolute Gasteiger partial charge is 0.225 e. The molecule has 0 aromatic heterocycles. The maximum absolute atomic E-state index is 12.2. The zero-order chi connectivity index (χ0) is 15.1. The third kappa shape index (κ3) is 2.29. The second-order valence-corrected chi connectivity index (χ2v) is 6.86. The maximum Gasteiger partial charge on any atom is 0.225 e. The van der Waals surface area contributed by atoms with Crippen molar-refractivity contribution in [2.75, 3.05) is 5.32 Å². The largest absolute Gasteiger partial charge is 0.325 e. The van der Waals surface area contributed by atoms with Crippen molar-refractivity contribution >= 4 is 45.0 Å². The molecule has 108 valence electrons. The van der Waals surface area contributed by atoms with Crippen molar-refractivity contribution in [1.82, 2.24) is 0 Å². The van der Waals surface area contributed by atoms with E-state index >= 15 is 0 Å². The lowest BCUT2D eigenvalue weighted by atomic mass is 9.83. The normalized spacial score (nSPS) is 17.1. The molecule has 4 rings (SSSR count). The third-order valence-corrected chi connectivity index (χ3v) is 4.91. The first-order valence-electron chi connectivity index (χ1n) is 7.29. The van der Waals surface area contributed by atoms with Crippen LogP contribution in [0.2, 0.25) is 0 Å². The van der Waals surface area contributed by atoms with Gasteiger partial charge in [-0.15, -0.1) is 0 Å². The van der Waals surface area contributed by atoms with Crippen LogP contribution >= 0.6 is 22.6 Å². The van der Waals surface area contributed by atoms with Gasteiger partial charge in [0.05, 0.1) is 5.69 Å². The summed E-state index contributed by atoms with van der Waals surface area (Å²) in [4.78, 5) is 12.2. The molecule has 0 unspecified atom stereocenters. The van der Waals surface area contributed by atoms with Crippen molar-refractivity contribution in [3.8, 4) is 0 Å². The molecule has 1 N–H and O–H groups in total. The zero-order valence-electron chi connectivity index (χ0n) is 11.8. The summed E-state index contributed by atoms with van der Waals surface area (Å²) < 4.78 is 1.20. The van der Waals surface area contributed by atoms with Gasteiger partial charge in [-0.25, -0.2) is 0 Å². The summed E-state index contributed by atoms with van der Waals surface area (Å²) in [5.41, 5.74) is 3.39. The number of anilines is 1. The first kappa shape index (κ1) is 13.8. The van der Waals surface area contributed by atoms with E-state index in [1.54, 1.807) is 0 Å². The zero-order valence-corrected chi connectivity index (χ0v) is 14.0. The highest BCUT2D eigenvalue weighted by Crippen LogP contribution is 2.41. The molecule has 0 saturated heterocycles. The predicted octanol–water partition coefficient (Wildman–Crippen LogP) is 4.92. The van der Waals surface area contributed by atoms with Gasteiger partial charge in [-0.05, 0) is 51.2 Å². The fourth-order valence-corrected chi connectivity index (χ4v) is 3.79. The van der Waals surface area contributed by atoms with Crippen molar-refractivity contribution in [3.63, 3.8) is 0 Å². The lowest BCUT2D eigenvalue weighted by Gasteiger charge is -2.27. The Balaban J connectivity index is 1.94. The molecule has 0 saturated carbocycles. The highest BCUT2D eigenvalue weighted by atomic mass is 127. The SMILES string of the molecule is O=C1C[C@@H](c2cccc(I)c2)c2ccc3ccccc3c2N1. The monoisotopic (exact) mass is 399 g/mol. The van der Waals surface area contributed by atoms with E-state index in [2.05, 4.69) is 76.4 Å². The van der Waals surface area contributed by atoms with Crippen molar-refractivity contribution in [2.24, 2.45) is 0 Å². The maximum atomic E-state index is 12.2. The number of halogens is 1. The Morgan fingerprint density at radius 1 is 1.00 bits per heavy atom. The third-order valence-electron chi connectivity index (χ3n) is 4.24. The molecule has 0 spiro atoms. The Kier molecular flexibility index (Phi) is 3.37. The number of hydrogen-bond acceptors (Lipinski definition) is 1. The topological polar surface area (TPSA) is 29.1 Å². The summed E-state index contributed by atoms with van der Waals surface area (Å²) in [5, 5.41) is 5.35. The number of carbonyl (C=O) groups excluding carboxylic acids is 1. The van der Waals surface area contributed by atoms with Crippen LogP contribution in [0.15, 0.2) is 60.7 Å². The van der Waals surface area contributed by atoms with E-state index < -0.39 is 0 Å². The number of hydrogen-bond donors (Lipinski definition) is 1. The molecule has 3 heteroatoms. The Labute approximate surface area is 142 Å². The number of fused-ring (bicyclic) bond motifs is 3. The average Bonchev–Trinajstić information content (AvgIpc) is 2.54. The second-order valence-electron chi connectivity index (χ2n) is 5.61. The molecule has 1 aliphatic heterocycles. The van der Waals surface area contributed by atoms with Gasteiger partial charge in [-0.3, -0.25) is 4.79 Å². The van der Waals surface area contributed by atoms with Gasteiger partial charge >= 0.3 is 0 Å². The van der Waals surface area contributed by atoms with E-state index in [9.17, 15) is 4.79 Å². The molecule has 3 aromatic carbocycles. The van der Waals surface area contributed by atoms with Crippen molar-refractivity contribution in [1.29, 1.82) is 0 Å². The van der Waals surface area contributed by atoms with Gasteiger partial charge in [0, 0.05) is 21.3 Å². The van der Waals surface area contributed by atoms with Crippen LogP contribution in [0.25, 0.3) is 10.8 Å². The van der Waals surface area contributed by atoms with Crippen LogP contribution in [-0.4, -0.2) is 5.91 Å². The Morgan fingerprint density at radius 2 is 1.86 bits per heavy atom. The Morgan fingerprint density at radius 3 is 2.73 bits per heavy atom. The number of rotatable bonds is 1. The Hall–Kier alpha value is -1.88. The molecule has 0 bridgehead atoms. The molecule has 1 atom stereocenters. The molecule has 1 heterocycles. The molecular weight excluding hydrogens is 385 g/mol. The highest BCUT2D eigenvalue weighted by molar-refractivity contribution is 14.1. The van der Waals surface area contributed by atoms with Crippen LogP contribution in [0.3, 0.4) is 0 Å². The van der Waals surface area contributed by atoms with Gasteiger partial charge in [-0.1, -0.05) is 48.5 Å². The quantitative estimate of drug-likeness (QED) is 0.579. The lowest BCUT2D eigenvalue weighted by Crippen LogP contribution is -2.23. The van der Waals surface area contributed by atoms with E-state index in [1.165, 1.54) is 14.7 Å². The molecule has 2 nitrogen and oxygen atoms in total. The van der Waals surface area contributed by atoms with Crippen LogP contribution in [0, 0.1) is 3.57 Å². The van der Waals surface area contributed by atoms with Gasteiger partial charge in [0.2, 0.25) is 5.91 Å². The summed E-state index contributed by atoms with van der Waals surface area (Å²) >= 11 is 2.32. The van der Waals surface area contributed by atoms with E-state index in [4.69, 9.17) is 0 Å². The van der Waals surface area contributed by atoms with Gasteiger partial charge in [-0.2, -0.15) is 0 Å². The van der Waals surface area contributed by atoms with Gasteiger partial charge in [0.25, 0.3) is 0 Å². The van der Waals surface area contributed by atoms with Gasteiger partial charge < -0.3 is 5.32 Å². The number of nitrogens with one attached hydrogen (secondary N) is 1. The van der Waals surface area contributed by atoms with Crippen molar-refractivity contribution < 1.29 is 4.79 Å². The molecular formula is C19H14INO. The minimum atomic E-state index is 0.0905. The van der Waals surface area contributed by atoms with Crippen LogP contribution < -0.4 is 5.32 Å². The molecule has 22 heavy (non-hydrogen) atoms. The highest BCUT2D eigenvalue weighted by Gasteiger charge is 2.27. The average molecular weight is 399 g/mol. The molecule has 1 amide bonds. The van der Waals surface area contributed by atoms with Crippen LogP contribution in [0.1, 0.15) is 23.5 Å². The van der Waals surface area contributed by atoms with Crippen LogP contribution in [-0.2, 0) is 4.79 Å². The molecule has 1 aliphatic rings. The van der Waals surface area contributed by atoms with Gasteiger partial charge in [0.15, 0.2) is 0 Å². The standard InChI is InChI=1S/C19H14INO/c20-14-6-3-5-13(10-14)17-11-18(22)21-19-15-7-2-1-4-12(15)8-9-16(17)19/h1-10,17H,11H2,(H,21,22)/t17-/m0/s1. The minimum absolute atomic E-state index is 0.0905. The molecule has 0 fully saturated rings. The first-order chi connectivity index (χ1) is 10.7. The Bertz CT molecular complexity index is 887. The van der Waals surface area contributed by atoms with Crippen molar-refractivity contribution in [2.45, 2.75) is 12.3 Å². The fourth-order valence-electron chi connectivity index (χ4n) is 3.22. The minimum Gasteiger partial charge on any atom is -0.325 e. The predicted molar refractivity (Wildman–Crippen MR) is 98.2 cm³/mol. The van der Waals surface area contributed by atoms with Crippen LogP contribution in [0.5, 0.6) is 0 Å². The lowest BCUT2D eigenvalue weighted by molar-refractivity contribution is -0.116. The van der Waals surface area contributed by atoms with E-state index in [-0.39, 0.29) is 11.8 Å². The van der Waals surface area contributed by atoms with E-state index in [1.807, 2.05) is 12.1 Å². The number of amides is 1. The second kappa shape index (κ2) is 5.39. The summed E-state index contributed by atoms with van der Waals surface area (Å²) in [6, 6.07) is 20.9. The summed E-state index contributed by atoms with van der Waals surface area (Å²) in [6.45, 7) is 0. The molecule has 3 aromatic rings. The van der Waals surface area contributed by atoms with E-state index in [0.29, 0.717) is 6.42 Å². The van der Waals surface area contributed by atoms with Crippen molar-refractivity contribution in [3.05, 3.63) is 75.4 Å². The summed E-state index contributed by atoms with van der Waals surface area (Å²) in [7, 11) is 0. The number of benzene rings is 3. The molecule has 0 radical (unpaired) electrons. The first-order valence-corrected chi connectivity index (χ1v) is 8.37. The summed E-state index contributed by atoms with van der Waals surface area (Å²) in [6.07, 6.45) is 0.505. The fraction of sp³-hybridized carbons (Fsp3) is 0.105. The summed E-state index contributed by atoms with van der Waals surface area (Å²) in [5.74, 6) is 0.218. The molecule has 0 aliphatic carbocycles. The number of carbonyl (C=O) groups is 1. The van der Waals surface area contributed by atoms with E-state index in [0.717, 1.165) is 16.5 Å². The van der Waals surface area contributed by atoms with Gasteiger partial charge in [0.1, 0.15) is 0 Å².